The molecule has 0 aromatic rings. The van der Waals surface area contributed by atoms with Gasteiger partial charge >= 0.3 is 0 Å². The Bertz CT molecular complexity index is 571. The summed E-state index contributed by atoms with van der Waals surface area (Å²) in [5.41, 5.74) is 0. The first-order valence-corrected chi connectivity index (χ1v) is 19.2. The van der Waals surface area contributed by atoms with Crippen molar-refractivity contribution in [2.45, 2.75) is 193 Å². The zero-order valence-electron chi connectivity index (χ0n) is 29.6. The number of allylic oxidation sites excluding steroid dienone is 8. The Kier molecular flexibility index (Phi) is 37.9. The third kappa shape index (κ3) is 37.0. The van der Waals surface area contributed by atoms with Gasteiger partial charge in [0.15, 0.2) is 0 Å². The Morgan fingerprint density at radius 2 is 0.814 bits per heavy atom. The summed E-state index contributed by atoms with van der Waals surface area (Å²) in [6, 6.07) is 0. The normalized spacial score (nSPS) is 12.5. The smallest absolute Gasteiger partial charge is 0.0575 e. The van der Waals surface area contributed by atoms with Crippen LogP contribution in [0, 0.1) is 0 Å². The van der Waals surface area contributed by atoms with Crippen molar-refractivity contribution < 1.29 is 4.74 Å². The molecule has 0 atom stereocenters. The highest BCUT2D eigenvalue weighted by molar-refractivity contribution is 4.93. The molecule has 0 radical (unpaired) electrons. The highest BCUT2D eigenvalue weighted by atomic mass is 16.5. The number of hydrogen-bond donors (Lipinski definition) is 1. The van der Waals surface area contributed by atoms with E-state index >= 15 is 0 Å². The van der Waals surface area contributed by atoms with E-state index in [1.165, 1.54) is 154 Å². The van der Waals surface area contributed by atoms with Gasteiger partial charge in [-0.3, -0.25) is 0 Å². The molecule has 252 valence electrons. The predicted octanol–water partition coefficient (Wildman–Crippen LogP) is 13.4. The topological polar surface area (TPSA) is 21.3 Å². The summed E-state index contributed by atoms with van der Waals surface area (Å²) in [4.78, 5) is 0. The zero-order valence-corrected chi connectivity index (χ0v) is 29.6. The summed E-state index contributed by atoms with van der Waals surface area (Å²) in [7, 11) is 2.03. The van der Waals surface area contributed by atoms with Crippen LogP contribution < -0.4 is 5.32 Å². The molecule has 2 nitrogen and oxygen atoms in total. The predicted molar refractivity (Wildman–Crippen MR) is 196 cm³/mol. The third-order valence-electron chi connectivity index (χ3n) is 8.38. The average molecular weight is 600 g/mol. The molecule has 0 amide bonds. The maximum Gasteiger partial charge on any atom is 0.0575 e. The monoisotopic (exact) mass is 600 g/mol. The van der Waals surface area contributed by atoms with Crippen molar-refractivity contribution >= 4 is 0 Å². The standard InChI is InChI=1S/C41H77NO/c1-4-6-8-10-12-14-16-18-20-22-24-26-28-30-32-34-37-41(43-40-36-39-42-3)38-35-33-31-29-27-25-23-21-19-17-15-13-11-9-7-5-2/h12-15,18-21,41-42H,4-11,16-17,22-40H2,1-3H3/b14-12+,15-13+,20-18+,21-19+. The van der Waals surface area contributed by atoms with Crippen LogP contribution >= 0.6 is 0 Å². The fourth-order valence-electron chi connectivity index (χ4n) is 5.53. The van der Waals surface area contributed by atoms with Crippen LogP contribution in [0.15, 0.2) is 48.6 Å². The van der Waals surface area contributed by atoms with E-state index in [0.717, 1.165) is 32.4 Å². The largest absolute Gasteiger partial charge is 0.378 e. The molecule has 0 fully saturated rings. The molecule has 0 aromatic heterocycles. The Balaban J connectivity index is 3.76. The van der Waals surface area contributed by atoms with Crippen molar-refractivity contribution in [2.24, 2.45) is 0 Å². The molecular formula is C41H77NO. The van der Waals surface area contributed by atoms with Gasteiger partial charge in [0, 0.05) is 6.61 Å². The second kappa shape index (κ2) is 38.9. The van der Waals surface area contributed by atoms with E-state index in [0.29, 0.717) is 6.10 Å². The highest BCUT2D eigenvalue weighted by Gasteiger charge is 2.09. The van der Waals surface area contributed by atoms with Crippen LogP contribution in [0.3, 0.4) is 0 Å². The summed E-state index contributed by atoms with van der Waals surface area (Å²) >= 11 is 0. The average Bonchev–Trinajstić information content (AvgIpc) is 3.02. The number of rotatable bonds is 35. The van der Waals surface area contributed by atoms with Gasteiger partial charge in [-0.25, -0.2) is 0 Å². The van der Waals surface area contributed by atoms with Gasteiger partial charge in [0.05, 0.1) is 6.10 Å². The SMILES string of the molecule is CCCCC/C=C/C/C=C/CCCCCCCCC(CCCCCCCC/C=C/C/C=C/CCCCC)OCCCNC. The first-order chi connectivity index (χ1) is 21.3. The van der Waals surface area contributed by atoms with Crippen LogP contribution in [0.25, 0.3) is 0 Å². The van der Waals surface area contributed by atoms with Crippen molar-refractivity contribution in [3.05, 3.63) is 48.6 Å². The van der Waals surface area contributed by atoms with Crippen LogP contribution in [0.2, 0.25) is 0 Å². The Morgan fingerprint density at radius 1 is 0.442 bits per heavy atom. The van der Waals surface area contributed by atoms with Crippen LogP contribution in [-0.4, -0.2) is 26.3 Å². The van der Waals surface area contributed by atoms with Gasteiger partial charge in [0.2, 0.25) is 0 Å². The third-order valence-corrected chi connectivity index (χ3v) is 8.38. The molecular weight excluding hydrogens is 522 g/mol. The van der Waals surface area contributed by atoms with E-state index in [1.54, 1.807) is 0 Å². The fraction of sp³-hybridized carbons (Fsp3) is 0.805. The first kappa shape index (κ1) is 41.9. The number of hydrogen-bond acceptors (Lipinski definition) is 2. The summed E-state index contributed by atoms with van der Waals surface area (Å²) in [6.45, 7) is 6.51. The van der Waals surface area contributed by atoms with E-state index in [2.05, 4.69) is 67.8 Å². The molecule has 0 aliphatic carbocycles. The quantitative estimate of drug-likeness (QED) is 0.0578. The van der Waals surface area contributed by atoms with E-state index in [1.807, 2.05) is 7.05 Å². The molecule has 0 bridgehead atoms. The molecule has 2 heteroatoms. The molecule has 43 heavy (non-hydrogen) atoms. The molecule has 0 saturated carbocycles. The molecule has 0 unspecified atom stereocenters. The molecule has 0 aromatic carbocycles. The van der Waals surface area contributed by atoms with Crippen molar-refractivity contribution in [3.8, 4) is 0 Å². The Hall–Kier alpha value is -1.12. The van der Waals surface area contributed by atoms with Gasteiger partial charge in [-0.15, -0.1) is 0 Å². The van der Waals surface area contributed by atoms with Gasteiger partial charge in [0.25, 0.3) is 0 Å². The molecule has 0 saturated heterocycles. The number of unbranched alkanes of at least 4 members (excludes halogenated alkanes) is 18. The minimum absolute atomic E-state index is 0.480. The lowest BCUT2D eigenvalue weighted by molar-refractivity contribution is 0.0370. The molecule has 0 aliphatic rings. The van der Waals surface area contributed by atoms with Crippen molar-refractivity contribution in [3.63, 3.8) is 0 Å². The Labute approximate surface area is 271 Å². The minimum atomic E-state index is 0.480. The van der Waals surface area contributed by atoms with E-state index < -0.39 is 0 Å². The number of ether oxygens (including phenoxy) is 1. The summed E-state index contributed by atoms with van der Waals surface area (Å²) in [6.07, 6.45) is 54.7. The molecule has 0 spiro atoms. The maximum atomic E-state index is 6.33. The van der Waals surface area contributed by atoms with Crippen molar-refractivity contribution in [1.82, 2.24) is 5.32 Å². The molecule has 0 aliphatic heterocycles. The lowest BCUT2D eigenvalue weighted by Gasteiger charge is -2.18. The second-order valence-corrected chi connectivity index (χ2v) is 12.7. The van der Waals surface area contributed by atoms with Crippen LogP contribution in [0.5, 0.6) is 0 Å². The van der Waals surface area contributed by atoms with Gasteiger partial charge in [-0.05, 0) is 97.1 Å². The van der Waals surface area contributed by atoms with Crippen molar-refractivity contribution in [2.75, 3.05) is 20.2 Å². The Morgan fingerprint density at radius 3 is 1.21 bits per heavy atom. The van der Waals surface area contributed by atoms with E-state index in [-0.39, 0.29) is 0 Å². The second-order valence-electron chi connectivity index (χ2n) is 12.7. The van der Waals surface area contributed by atoms with Crippen molar-refractivity contribution in [1.29, 1.82) is 0 Å². The summed E-state index contributed by atoms with van der Waals surface area (Å²) in [5, 5.41) is 3.25. The summed E-state index contributed by atoms with van der Waals surface area (Å²) in [5.74, 6) is 0. The van der Waals surface area contributed by atoms with Gasteiger partial charge in [-0.1, -0.05) is 152 Å². The fourth-order valence-corrected chi connectivity index (χ4v) is 5.53. The molecule has 1 N–H and O–H groups in total. The van der Waals surface area contributed by atoms with Gasteiger partial charge in [-0.2, -0.15) is 0 Å². The molecule has 0 rings (SSSR count). The lowest BCUT2D eigenvalue weighted by atomic mass is 10.0. The highest BCUT2D eigenvalue weighted by Crippen LogP contribution is 2.17. The van der Waals surface area contributed by atoms with E-state index in [9.17, 15) is 0 Å². The number of nitrogens with one attached hydrogen (secondary N) is 1. The zero-order chi connectivity index (χ0) is 31.2. The van der Waals surface area contributed by atoms with Crippen LogP contribution in [0.4, 0.5) is 0 Å². The van der Waals surface area contributed by atoms with Gasteiger partial charge in [0.1, 0.15) is 0 Å². The van der Waals surface area contributed by atoms with Crippen LogP contribution in [-0.2, 0) is 4.74 Å². The van der Waals surface area contributed by atoms with Crippen LogP contribution in [0.1, 0.15) is 187 Å². The van der Waals surface area contributed by atoms with Gasteiger partial charge < -0.3 is 10.1 Å². The first-order valence-electron chi connectivity index (χ1n) is 19.2. The maximum absolute atomic E-state index is 6.33. The minimum Gasteiger partial charge on any atom is -0.378 e. The lowest BCUT2D eigenvalue weighted by Crippen LogP contribution is -2.17. The van der Waals surface area contributed by atoms with E-state index in [4.69, 9.17) is 4.74 Å². The summed E-state index contributed by atoms with van der Waals surface area (Å²) < 4.78 is 6.33. The molecule has 0 heterocycles.